The first-order valence-electron chi connectivity index (χ1n) is 8.61. The fraction of sp³-hybridized carbons (Fsp3) is 0.611. The Morgan fingerprint density at radius 3 is 2.69 bits per heavy atom. The van der Waals surface area contributed by atoms with Gasteiger partial charge in [-0.05, 0) is 43.9 Å². The van der Waals surface area contributed by atoms with E-state index in [2.05, 4.69) is 4.74 Å². The number of carbonyl (C=O) groups is 1. The average Bonchev–Trinajstić information content (AvgIpc) is 2.56. The Kier molecular flexibility index (Phi) is 9.08. The predicted molar refractivity (Wildman–Crippen MR) is 97.9 cm³/mol. The SMILES string of the molecule is CCOc1cc(CN(C)C(=O)C2CCCC(N)C2)ccc1OC(F)F.Cl. The number of benzene rings is 1. The minimum atomic E-state index is -2.91. The Hall–Kier alpha value is -1.60. The van der Waals surface area contributed by atoms with Crippen LogP contribution in [-0.4, -0.2) is 37.1 Å². The standard InChI is InChI=1S/C18H26F2N2O3.ClH/c1-3-24-16-9-12(7-8-15(16)25-18(19)20)11-22(2)17(23)13-5-4-6-14(21)10-13;/h7-9,13-14,18H,3-6,10-11,21H2,1-2H3;1H. The van der Waals surface area contributed by atoms with Gasteiger partial charge in [-0.1, -0.05) is 12.5 Å². The second-order valence-corrected chi connectivity index (χ2v) is 6.41. The fourth-order valence-corrected chi connectivity index (χ4v) is 3.23. The number of hydrogen-bond acceptors (Lipinski definition) is 4. The highest BCUT2D eigenvalue weighted by Gasteiger charge is 2.27. The van der Waals surface area contributed by atoms with Gasteiger partial charge in [0.25, 0.3) is 0 Å². The number of hydrogen-bond donors (Lipinski definition) is 1. The van der Waals surface area contributed by atoms with Crippen LogP contribution in [0.2, 0.25) is 0 Å². The first kappa shape index (κ1) is 22.4. The normalized spacial score (nSPS) is 19.6. The van der Waals surface area contributed by atoms with Crippen LogP contribution in [0.1, 0.15) is 38.2 Å². The van der Waals surface area contributed by atoms with E-state index < -0.39 is 6.61 Å². The molecular formula is C18H27ClF2N2O3. The second kappa shape index (κ2) is 10.5. The molecule has 0 aromatic heterocycles. The molecule has 0 bridgehead atoms. The highest BCUT2D eigenvalue weighted by molar-refractivity contribution is 5.85. The zero-order valence-corrected chi connectivity index (χ0v) is 15.9. The van der Waals surface area contributed by atoms with Gasteiger partial charge in [0.15, 0.2) is 11.5 Å². The lowest BCUT2D eigenvalue weighted by Crippen LogP contribution is -2.38. The Labute approximate surface area is 159 Å². The minimum Gasteiger partial charge on any atom is -0.490 e. The minimum absolute atomic E-state index is 0. The Morgan fingerprint density at radius 2 is 2.08 bits per heavy atom. The molecule has 1 saturated carbocycles. The van der Waals surface area contributed by atoms with Gasteiger partial charge < -0.3 is 20.1 Å². The summed E-state index contributed by atoms with van der Waals surface area (Å²) in [7, 11) is 1.74. The van der Waals surface area contributed by atoms with E-state index in [4.69, 9.17) is 10.5 Å². The summed E-state index contributed by atoms with van der Waals surface area (Å²) in [4.78, 5) is 14.2. The lowest BCUT2D eigenvalue weighted by Gasteiger charge is -2.29. The van der Waals surface area contributed by atoms with Crippen LogP contribution in [0.4, 0.5) is 8.78 Å². The molecule has 1 amide bonds. The molecule has 1 aliphatic rings. The third-order valence-corrected chi connectivity index (χ3v) is 4.38. The lowest BCUT2D eigenvalue weighted by molar-refractivity contribution is -0.135. The van der Waals surface area contributed by atoms with Crippen molar-refractivity contribution in [1.29, 1.82) is 0 Å². The van der Waals surface area contributed by atoms with Crippen LogP contribution in [0, 0.1) is 5.92 Å². The molecular weight excluding hydrogens is 366 g/mol. The quantitative estimate of drug-likeness (QED) is 0.770. The van der Waals surface area contributed by atoms with E-state index in [1.54, 1.807) is 31.0 Å². The van der Waals surface area contributed by atoms with Crippen LogP contribution < -0.4 is 15.2 Å². The van der Waals surface area contributed by atoms with Crippen molar-refractivity contribution in [2.24, 2.45) is 11.7 Å². The molecule has 0 aliphatic heterocycles. The third kappa shape index (κ3) is 6.29. The summed E-state index contributed by atoms with van der Waals surface area (Å²) in [6, 6.07) is 4.83. The number of nitrogens with two attached hydrogens (primary N) is 1. The molecule has 1 aromatic rings. The van der Waals surface area contributed by atoms with Crippen LogP contribution >= 0.6 is 12.4 Å². The van der Waals surface area contributed by atoms with Crippen molar-refractivity contribution in [1.82, 2.24) is 4.90 Å². The summed E-state index contributed by atoms with van der Waals surface area (Å²) >= 11 is 0. The maximum atomic E-state index is 12.6. The van der Waals surface area contributed by atoms with Gasteiger partial charge in [-0.2, -0.15) is 8.78 Å². The largest absolute Gasteiger partial charge is 0.490 e. The van der Waals surface area contributed by atoms with Crippen LogP contribution in [0.3, 0.4) is 0 Å². The first-order chi connectivity index (χ1) is 11.9. The molecule has 0 radical (unpaired) electrons. The Balaban J connectivity index is 0.00000338. The summed E-state index contributed by atoms with van der Waals surface area (Å²) in [6.45, 7) is -0.442. The lowest BCUT2D eigenvalue weighted by atomic mass is 9.85. The molecule has 5 nitrogen and oxygen atoms in total. The molecule has 1 fully saturated rings. The van der Waals surface area contributed by atoms with E-state index in [0.717, 1.165) is 24.8 Å². The van der Waals surface area contributed by atoms with Crippen LogP contribution in [-0.2, 0) is 11.3 Å². The van der Waals surface area contributed by atoms with Gasteiger partial charge in [0, 0.05) is 25.6 Å². The van der Waals surface area contributed by atoms with Gasteiger partial charge in [-0.25, -0.2) is 0 Å². The number of halogens is 3. The number of rotatable bonds is 7. The zero-order chi connectivity index (χ0) is 18.4. The highest BCUT2D eigenvalue weighted by Crippen LogP contribution is 2.31. The molecule has 0 heterocycles. The summed E-state index contributed by atoms with van der Waals surface area (Å²) in [5.74, 6) is 0.274. The number of alkyl halides is 2. The van der Waals surface area contributed by atoms with E-state index in [9.17, 15) is 13.6 Å². The number of ether oxygens (including phenoxy) is 2. The van der Waals surface area contributed by atoms with Gasteiger partial charge in [0.1, 0.15) is 0 Å². The molecule has 1 aliphatic carbocycles. The van der Waals surface area contributed by atoms with Gasteiger partial charge in [-0.15, -0.1) is 12.4 Å². The van der Waals surface area contributed by atoms with Gasteiger partial charge in [0.05, 0.1) is 6.61 Å². The zero-order valence-electron chi connectivity index (χ0n) is 15.1. The van der Waals surface area contributed by atoms with Crippen molar-refractivity contribution in [3.8, 4) is 11.5 Å². The van der Waals surface area contributed by atoms with E-state index in [1.165, 1.54) is 6.07 Å². The van der Waals surface area contributed by atoms with E-state index in [0.29, 0.717) is 19.6 Å². The molecule has 2 atom stereocenters. The van der Waals surface area contributed by atoms with Gasteiger partial charge >= 0.3 is 6.61 Å². The van der Waals surface area contributed by atoms with Crippen molar-refractivity contribution in [2.45, 2.75) is 51.8 Å². The van der Waals surface area contributed by atoms with Crippen molar-refractivity contribution in [2.75, 3.05) is 13.7 Å². The summed E-state index contributed by atoms with van der Waals surface area (Å²) in [5, 5.41) is 0. The van der Waals surface area contributed by atoms with Crippen LogP contribution in [0.25, 0.3) is 0 Å². The molecule has 2 N–H and O–H groups in total. The summed E-state index contributed by atoms with van der Waals surface area (Å²) in [5.41, 5.74) is 6.76. The van der Waals surface area contributed by atoms with Gasteiger partial charge in [-0.3, -0.25) is 4.79 Å². The van der Waals surface area contributed by atoms with Crippen LogP contribution in [0.5, 0.6) is 11.5 Å². The Bertz CT molecular complexity index is 590. The molecule has 0 saturated heterocycles. The van der Waals surface area contributed by atoms with Crippen molar-refractivity contribution in [3.05, 3.63) is 23.8 Å². The van der Waals surface area contributed by atoms with Crippen molar-refractivity contribution >= 4 is 18.3 Å². The van der Waals surface area contributed by atoms with Crippen molar-refractivity contribution in [3.63, 3.8) is 0 Å². The molecule has 8 heteroatoms. The predicted octanol–water partition coefficient (Wildman–Crippen LogP) is 3.58. The average molecular weight is 393 g/mol. The second-order valence-electron chi connectivity index (χ2n) is 6.41. The molecule has 26 heavy (non-hydrogen) atoms. The topological polar surface area (TPSA) is 64.8 Å². The maximum Gasteiger partial charge on any atom is 0.387 e. The van der Waals surface area contributed by atoms with Crippen molar-refractivity contribution < 1.29 is 23.0 Å². The first-order valence-corrected chi connectivity index (χ1v) is 8.61. The van der Waals surface area contributed by atoms with E-state index in [1.807, 2.05) is 0 Å². The molecule has 2 unspecified atom stereocenters. The number of amides is 1. The molecule has 1 aromatic carbocycles. The molecule has 2 rings (SSSR count). The van der Waals surface area contributed by atoms with Crippen LogP contribution in [0.15, 0.2) is 18.2 Å². The number of nitrogens with zero attached hydrogens (tertiary/aromatic N) is 1. The Morgan fingerprint density at radius 1 is 1.35 bits per heavy atom. The maximum absolute atomic E-state index is 12.6. The van der Waals surface area contributed by atoms with Gasteiger partial charge in [0.2, 0.25) is 5.91 Å². The highest BCUT2D eigenvalue weighted by atomic mass is 35.5. The summed E-state index contributed by atoms with van der Waals surface area (Å²) in [6.07, 6.45) is 3.52. The van der Waals surface area contributed by atoms with E-state index in [-0.39, 0.29) is 41.8 Å². The smallest absolute Gasteiger partial charge is 0.387 e. The fourth-order valence-electron chi connectivity index (χ4n) is 3.23. The monoisotopic (exact) mass is 392 g/mol. The summed E-state index contributed by atoms with van der Waals surface area (Å²) < 4.78 is 34.7. The third-order valence-electron chi connectivity index (χ3n) is 4.38. The molecule has 0 spiro atoms. The van der Waals surface area contributed by atoms with E-state index >= 15 is 0 Å². The molecule has 148 valence electrons. The number of carbonyl (C=O) groups excluding carboxylic acids is 1.